The number of piperazine rings is 1. The molecule has 1 saturated heterocycles. The Morgan fingerprint density at radius 3 is 1.96 bits per heavy atom. The zero-order valence-electron chi connectivity index (χ0n) is 17.4. The number of sulfonamides is 1. The van der Waals surface area contributed by atoms with Gasteiger partial charge in [0.1, 0.15) is 0 Å². The Labute approximate surface area is 167 Å². The van der Waals surface area contributed by atoms with Crippen molar-refractivity contribution >= 4 is 22.0 Å². The molecule has 1 heterocycles. The smallest absolute Gasteiger partial charge is 0.321 e. The molecule has 0 bridgehead atoms. The van der Waals surface area contributed by atoms with Crippen LogP contribution >= 0.6 is 0 Å². The minimum atomic E-state index is -3.62. The van der Waals surface area contributed by atoms with Gasteiger partial charge in [0.15, 0.2) is 0 Å². The van der Waals surface area contributed by atoms with Crippen molar-refractivity contribution in [3.8, 4) is 0 Å². The second kappa shape index (κ2) is 8.59. The quantitative estimate of drug-likeness (QED) is 0.774. The first-order chi connectivity index (χ1) is 13.0. The molecular weight excluding hydrogens is 380 g/mol. The fraction of sp³-hybridized carbons (Fsp3) is 0.579. The first kappa shape index (κ1) is 22.3. The van der Waals surface area contributed by atoms with Gasteiger partial charge in [-0.05, 0) is 56.9 Å². The van der Waals surface area contributed by atoms with E-state index >= 15 is 0 Å². The third-order valence-electron chi connectivity index (χ3n) is 5.56. The van der Waals surface area contributed by atoms with E-state index in [9.17, 15) is 18.0 Å². The van der Waals surface area contributed by atoms with Crippen LogP contribution in [0.2, 0.25) is 0 Å². The molecule has 0 spiro atoms. The molecule has 3 amide bonds. The van der Waals surface area contributed by atoms with E-state index in [1.165, 1.54) is 11.4 Å². The first-order valence-electron chi connectivity index (χ1n) is 9.34. The molecule has 1 fully saturated rings. The van der Waals surface area contributed by atoms with Crippen molar-refractivity contribution < 1.29 is 18.0 Å². The maximum Gasteiger partial charge on any atom is 0.321 e. The number of carbonyl (C=O) groups is 2. The Bertz CT molecular complexity index is 848. The highest BCUT2D eigenvalue weighted by Gasteiger charge is 2.34. The summed E-state index contributed by atoms with van der Waals surface area (Å²) in [5, 5.41) is 4.60. The summed E-state index contributed by atoms with van der Waals surface area (Å²) in [5.74, 6) is -0.406. The average Bonchev–Trinajstić information content (AvgIpc) is 2.65. The number of aryl methyl sites for hydroxylation is 2. The van der Waals surface area contributed by atoms with Crippen LogP contribution in [0.25, 0.3) is 0 Å². The van der Waals surface area contributed by atoms with Crippen molar-refractivity contribution in [2.75, 3.05) is 33.2 Å². The summed E-state index contributed by atoms with van der Waals surface area (Å²) in [4.78, 5) is 25.7. The lowest BCUT2D eigenvalue weighted by atomic mass is 10.0. The van der Waals surface area contributed by atoms with Crippen molar-refractivity contribution in [1.82, 2.24) is 19.8 Å². The molecule has 1 aliphatic heterocycles. The monoisotopic (exact) mass is 410 g/mol. The van der Waals surface area contributed by atoms with Crippen molar-refractivity contribution in [2.45, 2.75) is 45.6 Å². The van der Waals surface area contributed by atoms with Gasteiger partial charge in [-0.25, -0.2) is 13.2 Å². The number of amides is 3. The van der Waals surface area contributed by atoms with Gasteiger partial charge in [-0.15, -0.1) is 0 Å². The lowest BCUT2D eigenvalue weighted by Crippen LogP contribution is -2.56. The number of benzene rings is 1. The van der Waals surface area contributed by atoms with E-state index in [1.54, 1.807) is 6.92 Å². The standard InChI is InChI=1S/C19H30N4O4S/c1-12-11-13(2)15(4)17(14(12)3)28(26,27)23-9-7-22(8-10-23)16(5)18(24)21-19(25)20-6/h11,16H,7-10H2,1-6H3,(H2,20,21,24,25)/t16-/m1/s1. The molecule has 156 valence electrons. The number of nitrogens with zero attached hydrogens (tertiary/aromatic N) is 2. The second-order valence-electron chi connectivity index (χ2n) is 7.27. The number of nitrogens with one attached hydrogen (secondary N) is 2. The van der Waals surface area contributed by atoms with Gasteiger partial charge < -0.3 is 5.32 Å². The number of hydrogen-bond acceptors (Lipinski definition) is 5. The summed E-state index contributed by atoms with van der Waals surface area (Å²) in [5.41, 5.74) is 3.48. The molecule has 1 aromatic rings. The summed E-state index contributed by atoms with van der Waals surface area (Å²) >= 11 is 0. The highest BCUT2D eigenvalue weighted by Crippen LogP contribution is 2.29. The van der Waals surface area contributed by atoms with Crippen molar-refractivity contribution in [2.24, 2.45) is 0 Å². The average molecular weight is 411 g/mol. The molecule has 1 aliphatic rings. The Morgan fingerprint density at radius 2 is 1.50 bits per heavy atom. The topological polar surface area (TPSA) is 98.8 Å². The molecular formula is C19H30N4O4S. The summed E-state index contributed by atoms with van der Waals surface area (Å²) < 4.78 is 28.1. The summed E-state index contributed by atoms with van der Waals surface area (Å²) in [6, 6.07) is 0.930. The lowest BCUT2D eigenvalue weighted by Gasteiger charge is -2.37. The molecule has 0 aliphatic carbocycles. The van der Waals surface area contributed by atoms with Crippen molar-refractivity contribution in [3.63, 3.8) is 0 Å². The van der Waals surface area contributed by atoms with Crippen LogP contribution in [-0.4, -0.2) is 68.8 Å². The van der Waals surface area contributed by atoms with Gasteiger partial charge in [0, 0.05) is 33.2 Å². The Balaban J connectivity index is 2.15. The highest BCUT2D eigenvalue weighted by molar-refractivity contribution is 7.89. The SMILES string of the molecule is CNC(=O)NC(=O)[C@@H](C)N1CCN(S(=O)(=O)c2c(C)c(C)cc(C)c2C)CC1. The predicted octanol–water partition coefficient (Wildman–Crippen LogP) is 1.07. The molecule has 0 unspecified atom stereocenters. The van der Waals surface area contributed by atoms with Crippen LogP contribution in [0.4, 0.5) is 4.79 Å². The van der Waals surface area contributed by atoms with Crippen LogP contribution < -0.4 is 10.6 Å². The third kappa shape index (κ3) is 4.37. The van der Waals surface area contributed by atoms with E-state index in [2.05, 4.69) is 10.6 Å². The largest absolute Gasteiger partial charge is 0.341 e. The molecule has 8 nitrogen and oxygen atoms in total. The Kier molecular flexibility index (Phi) is 6.84. The van der Waals surface area contributed by atoms with Crippen LogP contribution in [0.1, 0.15) is 29.2 Å². The van der Waals surface area contributed by atoms with Crippen LogP contribution in [0.3, 0.4) is 0 Å². The Hall–Kier alpha value is -1.97. The van der Waals surface area contributed by atoms with Crippen LogP contribution in [0, 0.1) is 27.7 Å². The van der Waals surface area contributed by atoms with E-state index in [0.29, 0.717) is 31.1 Å². The molecule has 2 rings (SSSR count). The molecule has 0 saturated carbocycles. The van der Waals surface area contributed by atoms with E-state index < -0.39 is 28.0 Å². The fourth-order valence-electron chi connectivity index (χ4n) is 3.47. The zero-order chi connectivity index (χ0) is 21.2. The second-order valence-corrected chi connectivity index (χ2v) is 9.15. The minimum Gasteiger partial charge on any atom is -0.341 e. The minimum absolute atomic E-state index is 0.297. The molecule has 9 heteroatoms. The van der Waals surface area contributed by atoms with E-state index in [-0.39, 0.29) is 0 Å². The van der Waals surface area contributed by atoms with Crippen LogP contribution in [0.15, 0.2) is 11.0 Å². The fourth-order valence-corrected chi connectivity index (χ4v) is 5.47. The lowest BCUT2D eigenvalue weighted by molar-refractivity contribution is -0.125. The normalized spacial score (nSPS) is 17.2. The number of rotatable bonds is 4. The summed E-state index contributed by atoms with van der Waals surface area (Å²) in [7, 11) is -2.18. The van der Waals surface area contributed by atoms with E-state index in [4.69, 9.17) is 0 Å². The van der Waals surface area contributed by atoms with Gasteiger partial charge in [0.25, 0.3) is 0 Å². The number of hydrogen-bond donors (Lipinski definition) is 2. The van der Waals surface area contributed by atoms with E-state index in [1.807, 2.05) is 38.7 Å². The summed E-state index contributed by atoms with van der Waals surface area (Å²) in [6.07, 6.45) is 0. The first-order valence-corrected chi connectivity index (χ1v) is 10.8. The molecule has 0 aromatic heterocycles. The van der Waals surface area contributed by atoms with Crippen LogP contribution in [-0.2, 0) is 14.8 Å². The zero-order valence-corrected chi connectivity index (χ0v) is 18.2. The molecule has 0 radical (unpaired) electrons. The number of urea groups is 1. The van der Waals surface area contributed by atoms with Gasteiger partial charge >= 0.3 is 6.03 Å². The van der Waals surface area contributed by atoms with Gasteiger partial charge in [0.05, 0.1) is 10.9 Å². The summed E-state index contributed by atoms with van der Waals surface area (Å²) in [6.45, 7) is 10.7. The molecule has 1 aromatic carbocycles. The number of imide groups is 1. The molecule has 1 atom stereocenters. The van der Waals surface area contributed by atoms with Gasteiger partial charge in [-0.1, -0.05) is 6.07 Å². The predicted molar refractivity (Wildman–Crippen MR) is 108 cm³/mol. The van der Waals surface area contributed by atoms with Crippen LogP contribution in [0.5, 0.6) is 0 Å². The van der Waals surface area contributed by atoms with Gasteiger partial charge in [0.2, 0.25) is 15.9 Å². The van der Waals surface area contributed by atoms with Gasteiger partial charge in [-0.3, -0.25) is 15.0 Å². The third-order valence-corrected chi connectivity index (χ3v) is 7.73. The molecule has 28 heavy (non-hydrogen) atoms. The maximum absolute atomic E-state index is 13.3. The Morgan fingerprint density at radius 1 is 1.00 bits per heavy atom. The number of carbonyl (C=O) groups excluding carboxylic acids is 2. The van der Waals surface area contributed by atoms with Crippen molar-refractivity contribution in [3.05, 3.63) is 28.3 Å². The maximum atomic E-state index is 13.3. The van der Waals surface area contributed by atoms with Crippen molar-refractivity contribution in [1.29, 1.82) is 0 Å². The molecule has 2 N–H and O–H groups in total. The van der Waals surface area contributed by atoms with Gasteiger partial charge in [-0.2, -0.15) is 4.31 Å². The van der Waals surface area contributed by atoms with E-state index in [0.717, 1.165) is 22.3 Å². The highest BCUT2D eigenvalue weighted by atomic mass is 32.2.